The number of hydrogen-bond donors (Lipinski definition) is 1. The highest BCUT2D eigenvalue weighted by Gasteiger charge is 2.34. The summed E-state index contributed by atoms with van der Waals surface area (Å²) in [6.45, 7) is 0. The monoisotopic (exact) mass is 321 g/mol. The first-order valence-electron chi connectivity index (χ1n) is 5.78. The number of benzene rings is 2. The fourth-order valence-corrected chi connectivity index (χ4v) is 2.21. The first kappa shape index (κ1) is 15.7. The van der Waals surface area contributed by atoms with Crippen molar-refractivity contribution in [3.63, 3.8) is 0 Å². The molecule has 0 bridgehead atoms. The lowest BCUT2D eigenvalue weighted by molar-refractivity contribution is -0.140. The first-order valence-corrected chi connectivity index (χ1v) is 6.15. The Morgan fingerprint density at radius 1 is 1.00 bits per heavy atom. The molecule has 2 aromatic carbocycles. The maximum Gasteiger partial charge on any atom is 0.419 e. The summed E-state index contributed by atoms with van der Waals surface area (Å²) in [5.41, 5.74) is 4.08. The van der Waals surface area contributed by atoms with Gasteiger partial charge in [-0.3, -0.25) is 0 Å². The lowest BCUT2D eigenvalue weighted by Gasteiger charge is -2.17. The molecule has 0 saturated carbocycles. The standard InChI is InChI=1S/C14H9ClF5N/c15-9-2-1-3-11(17)12(9)13(21)7-4-5-10(16)8(6-7)14(18,19)20/h1-6,13H,21H2. The van der Waals surface area contributed by atoms with Gasteiger partial charge >= 0.3 is 6.18 Å². The predicted octanol–water partition coefficient (Wildman–Crippen LogP) is 4.69. The highest BCUT2D eigenvalue weighted by Crippen LogP contribution is 2.35. The third-order valence-electron chi connectivity index (χ3n) is 2.97. The molecule has 1 unspecified atom stereocenters. The molecule has 0 amide bonds. The maximum absolute atomic E-state index is 13.7. The molecule has 1 atom stereocenters. The third kappa shape index (κ3) is 3.16. The maximum atomic E-state index is 13.7. The molecular formula is C14H9ClF5N. The van der Waals surface area contributed by atoms with Gasteiger partial charge in [-0.2, -0.15) is 13.2 Å². The Morgan fingerprint density at radius 3 is 2.24 bits per heavy atom. The van der Waals surface area contributed by atoms with Gasteiger partial charge in [0, 0.05) is 10.6 Å². The van der Waals surface area contributed by atoms with E-state index < -0.39 is 29.4 Å². The molecular weight excluding hydrogens is 313 g/mol. The third-order valence-corrected chi connectivity index (χ3v) is 3.30. The number of alkyl halides is 3. The quantitative estimate of drug-likeness (QED) is 0.798. The number of nitrogens with two attached hydrogens (primary N) is 1. The van der Waals surface area contributed by atoms with Crippen LogP contribution in [-0.4, -0.2) is 0 Å². The van der Waals surface area contributed by atoms with Gasteiger partial charge < -0.3 is 5.73 Å². The van der Waals surface area contributed by atoms with Crippen LogP contribution < -0.4 is 5.73 Å². The van der Waals surface area contributed by atoms with Gasteiger partial charge in [0.1, 0.15) is 11.6 Å². The van der Waals surface area contributed by atoms with E-state index in [-0.39, 0.29) is 16.1 Å². The summed E-state index contributed by atoms with van der Waals surface area (Å²) in [7, 11) is 0. The Labute approximate surface area is 122 Å². The van der Waals surface area contributed by atoms with E-state index in [2.05, 4.69) is 0 Å². The van der Waals surface area contributed by atoms with Crippen molar-refractivity contribution in [3.8, 4) is 0 Å². The van der Waals surface area contributed by atoms with Gasteiger partial charge in [-0.15, -0.1) is 0 Å². The highest BCUT2D eigenvalue weighted by atomic mass is 35.5. The molecule has 0 fully saturated rings. The molecule has 1 nitrogen and oxygen atoms in total. The van der Waals surface area contributed by atoms with Gasteiger partial charge in [0.15, 0.2) is 0 Å². The Kier molecular flexibility index (Phi) is 4.20. The average Bonchev–Trinajstić information content (AvgIpc) is 2.37. The van der Waals surface area contributed by atoms with Crippen molar-refractivity contribution in [2.75, 3.05) is 0 Å². The molecule has 0 aliphatic heterocycles. The number of halogens is 6. The molecule has 0 heterocycles. The van der Waals surface area contributed by atoms with Crippen LogP contribution in [0.5, 0.6) is 0 Å². The zero-order valence-electron chi connectivity index (χ0n) is 10.4. The van der Waals surface area contributed by atoms with Crippen LogP contribution in [0, 0.1) is 11.6 Å². The molecule has 0 radical (unpaired) electrons. The molecule has 2 N–H and O–H groups in total. The lowest BCUT2D eigenvalue weighted by Crippen LogP contribution is -2.16. The van der Waals surface area contributed by atoms with Gasteiger partial charge in [0.05, 0.1) is 11.6 Å². The van der Waals surface area contributed by atoms with Crippen molar-refractivity contribution < 1.29 is 22.0 Å². The predicted molar refractivity (Wildman–Crippen MR) is 68.8 cm³/mol. The van der Waals surface area contributed by atoms with Crippen molar-refractivity contribution in [3.05, 3.63) is 69.7 Å². The SMILES string of the molecule is NC(c1ccc(F)c(C(F)(F)F)c1)c1c(F)cccc1Cl. The van der Waals surface area contributed by atoms with E-state index in [9.17, 15) is 22.0 Å². The molecule has 2 rings (SSSR count). The van der Waals surface area contributed by atoms with Crippen LogP contribution >= 0.6 is 11.6 Å². The van der Waals surface area contributed by atoms with E-state index in [1.54, 1.807) is 0 Å². The fourth-order valence-electron chi connectivity index (χ4n) is 1.93. The molecule has 0 aromatic heterocycles. The topological polar surface area (TPSA) is 26.0 Å². The molecule has 2 aromatic rings. The van der Waals surface area contributed by atoms with Gasteiger partial charge in [0.25, 0.3) is 0 Å². The normalized spacial score (nSPS) is 13.3. The van der Waals surface area contributed by atoms with Crippen molar-refractivity contribution in [2.24, 2.45) is 5.73 Å². The fraction of sp³-hybridized carbons (Fsp3) is 0.143. The second-order valence-corrected chi connectivity index (χ2v) is 4.76. The molecule has 21 heavy (non-hydrogen) atoms. The Bertz CT molecular complexity index is 649. The smallest absolute Gasteiger partial charge is 0.320 e. The minimum atomic E-state index is -4.86. The summed E-state index contributed by atoms with van der Waals surface area (Å²) in [6.07, 6.45) is -4.86. The van der Waals surface area contributed by atoms with E-state index in [0.29, 0.717) is 12.1 Å². The summed E-state index contributed by atoms with van der Waals surface area (Å²) in [6, 6.07) is 4.84. The van der Waals surface area contributed by atoms with E-state index in [1.165, 1.54) is 12.1 Å². The summed E-state index contributed by atoms with van der Waals surface area (Å²) in [5.74, 6) is -2.16. The first-order chi connectivity index (χ1) is 9.71. The van der Waals surface area contributed by atoms with Gasteiger partial charge in [-0.1, -0.05) is 23.7 Å². The van der Waals surface area contributed by atoms with Crippen LogP contribution in [0.25, 0.3) is 0 Å². The van der Waals surface area contributed by atoms with Crippen LogP contribution in [0.4, 0.5) is 22.0 Å². The molecule has 7 heteroatoms. The summed E-state index contributed by atoms with van der Waals surface area (Å²) in [4.78, 5) is 0. The van der Waals surface area contributed by atoms with E-state index in [0.717, 1.165) is 12.1 Å². The van der Waals surface area contributed by atoms with Crippen LogP contribution in [0.3, 0.4) is 0 Å². The van der Waals surface area contributed by atoms with Gasteiger partial charge in [0.2, 0.25) is 0 Å². The van der Waals surface area contributed by atoms with Gasteiger partial charge in [-0.05, 0) is 29.8 Å². The summed E-state index contributed by atoms with van der Waals surface area (Å²) in [5, 5.41) is -0.0135. The van der Waals surface area contributed by atoms with E-state index >= 15 is 0 Å². The number of hydrogen-bond acceptors (Lipinski definition) is 1. The Morgan fingerprint density at radius 2 is 1.67 bits per heavy atom. The van der Waals surface area contributed by atoms with Crippen LogP contribution in [0.1, 0.15) is 22.7 Å². The second-order valence-electron chi connectivity index (χ2n) is 4.35. The second kappa shape index (κ2) is 5.61. The Hall–Kier alpha value is -1.66. The largest absolute Gasteiger partial charge is 0.419 e. The molecule has 0 spiro atoms. The number of rotatable bonds is 2. The van der Waals surface area contributed by atoms with E-state index in [1.807, 2.05) is 0 Å². The molecule has 112 valence electrons. The lowest BCUT2D eigenvalue weighted by atomic mass is 9.97. The minimum Gasteiger partial charge on any atom is -0.320 e. The van der Waals surface area contributed by atoms with Crippen molar-refractivity contribution in [2.45, 2.75) is 12.2 Å². The summed E-state index contributed by atoms with van der Waals surface area (Å²) >= 11 is 5.82. The molecule has 0 aliphatic rings. The highest BCUT2D eigenvalue weighted by molar-refractivity contribution is 6.31. The van der Waals surface area contributed by atoms with E-state index in [4.69, 9.17) is 17.3 Å². The van der Waals surface area contributed by atoms with Crippen molar-refractivity contribution >= 4 is 11.6 Å². The Balaban J connectivity index is 2.52. The van der Waals surface area contributed by atoms with Crippen LogP contribution in [0.2, 0.25) is 5.02 Å². The zero-order valence-corrected chi connectivity index (χ0v) is 11.1. The van der Waals surface area contributed by atoms with Crippen molar-refractivity contribution in [1.29, 1.82) is 0 Å². The minimum absolute atomic E-state index is 0.0135. The summed E-state index contributed by atoms with van der Waals surface area (Å²) < 4.78 is 65.0. The van der Waals surface area contributed by atoms with Crippen molar-refractivity contribution in [1.82, 2.24) is 0 Å². The van der Waals surface area contributed by atoms with Crippen LogP contribution in [-0.2, 0) is 6.18 Å². The van der Waals surface area contributed by atoms with Gasteiger partial charge in [-0.25, -0.2) is 8.78 Å². The average molecular weight is 322 g/mol. The molecule has 0 saturated heterocycles. The van der Waals surface area contributed by atoms with Crippen LogP contribution in [0.15, 0.2) is 36.4 Å². The molecule has 0 aliphatic carbocycles. The zero-order chi connectivity index (χ0) is 15.8.